The van der Waals surface area contributed by atoms with Gasteiger partial charge in [-0.3, -0.25) is 9.48 Å². The summed E-state index contributed by atoms with van der Waals surface area (Å²) in [6.45, 7) is 8.90. The van der Waals surface area contributed by atoms with Crippen LogP contribution in [-0.2, 0) is 11.3 Å². The molecule has 1 atom stereocenters. The highest BCUT2D eigenvalue weighted by Gasteiger charge is 2.42. The van der Waals surface area contributed by atoms with Crippen molar-refractivity contribution in [3.05, 3.63) is 17.5 Å². The van der Waals surface area contributed by atoms with Gasteiger partial charge in [0.05, 0.1) is 11.7 Å². The summed E-state index contributed by atoms with van der Waals surface area (Å²) in [5.74, 6) is 0.249. The summed E-state index contributed by atoms with van der Waals surface area (Å²) in [5.41, 5.74) is 2.59. The summed E-state index contributed by atoms with van der Waals surface area (Å²) in [7, 11) is 1.93. The fraction of sp³-hybridized carbons (Fsp3) is 0.778. The molecule has 0 unspecified atom stereocenters. The monoisotopic (exact) mass is 333 g/mol. The molecule has 0 aromatic carbocycles. The molecule has 1 aromatic heterocycles. The summed E-state index contributed by atoms with van der Waals surface area (Å²) >= 11 is 0. The Morgan fingerprint density at radius 1 is 1.42 bits per heavy atom. The minimum Gasteiger partial charge on any atom is -0.344 e. The van der Waals surface area contributed by atoms with E-state index in [0.717, 1.165) is 51.3 Å². The third-order valence-corrected chi connectivity index (χ3v) is 5.67. The molecule has 6 nitrogen and oxygen atoms in total. The summed E-state index contributed by atoms with van der Waals surface area (Å²) < 4.78 is 2.03. The van der Waals surface area contributed by atoms with Gasteiger partial charge in [-0.05, 0) is 64.1 Å². The molecule has 2 N–H and O–H groups in total. The fourth-order valence-corrected chi connectivity index (χ4v) is 4.16. The van der Waals surface area contributed by atoms with Crippen LogP contribution in [0.25, 0.3) is 0 Å². The minimum atomic E-state index is 0.00165. The Morgan fingerprint density at radius 2 is 2.17 bits per heavy atom. The van der Waals surface area contributed by atoms with Crippen LogP contribution in [-0.4, -0.2) is 59.9 Å². The van der Waals surface area contributed by atoms with Crippen LogP contribution in [0.5, 0.6) is 0 Å². The average molecular weight is 333 g/mol. The van der Waals surface area contributed by atoms with Crippen molar-refractivity contribution in [2.75, 3.05) is 33.2 Å². The van der Waals surface area contributed by atoms with Gasteiger partial charge in [0, 0.05) is 32.4 Å². The lowest BCUT2D eigenvalue weighted by Gasteiger charge is -2.33. The number of aromatic nitrogens is 2. The van der Waals surface area contributed by atoms with Crippen LogP contribution < -0.4 is 10.6 Å². The second-order valence-electron chi connectivity index (χ2n) is 7.65. The van der Waals surface area contributed by atoms with Crippen LogP contribution in [0.4, 0.5) is 0 Å². The van der Waals surface area contributed by atoms with Gasteiger partial charge in [0.2, 0.25) is 5.91 Å². The van der Waals surface area contributed by atoms with Crippen LogP contribution in [0.2, 0.25) is 0 Å². The van der Waals surface area contributed by atoms with Gasteiger partial charge in [0.1, 0.15) is 0 Å². The van der Waals surface area contributed by atoms with Gasteiger partial charge in [0.25, 0.3) is 0 Å². The minimum absolute atomic E-state index is 0.00165. The molecule has 6 heteroatoms. The Bertz CT molecular complexity index is 576. The van der Waals surface area contributed by atoms with Crippen LogP contribution in [0.15, 0.2) is 6.07 Å². The molecule has 1 aromatic rings. The topological polar surface area (TPSA) is 62.2 Å². The first-order chi connectivity index (χ1) is 11.5. The zero-order valence-electron chi connectivity index (χ0n) is 15.3. The van der Waals surface area contributed by atoms with E-state index in [1.165, 1.54) is 18.5 Å². The number of nitrogens with zero attached hydrogens (tertiary/aromatic N) is 3. The highest BCUT2D eigenvalue weighted by atomic mass is 16.2. The Labute approximate surface area is 145 Å². The smallest absolute Gasteiger partial charge is 0.239 e. The van der Waals surface area contributed by atoms with E-state index in [9.17, 15) is 4.79 Å². The van der Waals surface area contributed by atoms with Gasteiger partial charge in [-0.15, -0.1) is 0 Å². The van der Waals surface area contributed by atoms with Crippen LogP contribution in [0.1, 0.15) is 37.1 Å². The summed E-state index contributed by atoms with van der Waals surface area (Å²) in [6, 6.07) is 2.09. The van der Waals surface area contributed by atoms with Gasteiger partial charge in [-0.1, -0.05) is 0 Å². The predicted molar refractivity (Wildman–Crippen MR) is 94.9 cm³/mol. The molecular weight excluding hydrogens is 302 g/mol. The van der Waals surface area contributed by atoms with Crippen molar-refractivity contribution >= 4 is 5.91 Å². The molecule has 1 amide bonds. The van der Waals surface area contributed by atoms with Crippen LogP contribution in [0, 0.1) is 19.3 Å². The number of hydrogen-bond acceptors (Lipinski definition) is 4. The Kier molecular flexibility index (Phi) is 5.25. The van der Waals surface area contributed by atoms with Gasteiger partial charge < -0.3 is 15.5 Å². The number of carbonyl (C=O) groups excluding carboxylic acids is 1. The number of amides is 1. The number of rotatable bonds is 5. The van der Waals surface area contributed by atoms with Crippen LogP contribution in [0.3, 0.4) is 0 Å². The van der Waals surface area contributed by atoms with Crippen molar-refractivity contribution in [2.24, 2.45) is 5.41 Å². The lowest BCUT2D eigenvalue weighted by molar-refractivity contribution is -0.132. The molecule has 3 rings (SSSR count). The summed E-state index contributed by atoms with van der Waals surface area (Å²) in [5, 5.41) is 11.4. The molecule has 3 heterocycles. The maximum atomic E-state index is 12.7. The molecule has 2 saturated heterocycles. The third-order valence-electron chi connectivity index (χ3n) is 5.67. The molecule has 0 saturated carbocycles. The lowest BCUT2D eigenvalue weighted by atomic mass is 9.77. The third kappa shape index (κ3) is 3.81. The van der Waals surface area contributed by atoms with E-state index in [2.05, 4.69) is 28.7 Å². The Morgan fingerprint density at radius 3 is 2.83 bits per heavy atom. The standard InChI is InChI=1S/C18H31N5O/c1-14-11-15(2)23(21-14)10-4-9-22(3)17(24)16-12-18(13-20-16)5-7-19-8-6-18/h11,16,19-20H,4-10,12-13H2,1-3H3/t16-/m0/s1. The van der Waals surface area contributed by atoms with Gasteiger partial charge >= 0.3 is 0 Å². The SMILES string of the molecule is Cc1cc(C)n(CCCN(C)C(=O)[C@@H]2CC3(CCNCC3)CN2)n1. The first-order valence-electron chi connectivity index (χ1n) is 9.19. The first kappa shape index (κ1) is 17.4. The van der Waals surface area contributed by atoms with Gasteiger partial charge in [-0.25, -0.2) is 0 Å². The normalized spacial score (nSPS) is 22.9. The molecule has 24 heavy (non-hydrogen) atoms. The number of carbonyl (C=O) groups is 1. The van der Waals surface area contributed by atoms with Crippen molar-refractivity contribution in [3.63, 3.8) is 0 Å². The van der Waals surface area contributed by atoms with Crippen molar-refractivity contribution < 1.29 is 4.79 Å². The second-order valence-corrected chi connectivity index (χ2v) is 7.65. The van der Waals surface area contributed by atoms with Crippen molar-refractivity contribution in [1.29, 1.82) is 0 Å². The quantitative estimate of drug-likeness (QED) is 0.846. The Hall–Kier alpha value is -1.40. The summed E-state index contributed by atoms with van der Waals surface area (Å²) in [6.07, 6.45) is 4.30. The van der Waals surface area contributed by atoms with E-state index in [1.807, 2.05) is 23.6 Å². The van der Waals surface area contributed by atoms with E-state index < -0.39 is 0 Å². The average Bonchev–Trinajstić information content (AvgIpc) is 3.11. The van der Waals surface area contributed by atoms with Gasteiger partial charge in [-0.2, -0.15) is 5.10 Å². The van der Waals surface area contributed by atoms with Crippen LogP contribution >= 0.6 is 0 Å². The molecular formula is C18H31N5O. The van der Waals surface area contributed by atoms with E-state index in [0.29, 0.717) is 5.41 Å². The van der Waals surface area contributed by atoms with E-state index >= 15 is 0 Å². The maximum Gasteiger partial charge on any atom is 0.239 e. The molecule has 0 bridgehead atoms. The fourth-order valence-electron chi connectivity index (χ4n) is 4.16. The highest BCUT2D eigenvalue weighted by Crippen LogP contribution is 2.37. The number of hydrogen-bond donors (Lipinski definition) is 2. The Balaban J connectivity index is 1.46. The molecule has 0 aliphatic carbocycles. The van der Waals surface area contributed by atoms with Gasteiger partial charge in [0.15, 0.2) is 0 Å². The molecule has 2 aliphatic heterocycles. The zero-order chi connectivity index (χ0) is 17.2. The number of piperidine rings is 1. The van der Waals surface area contributed by atoms with Crippen molar-refractivity contribution in [1.82, 2.24) is 25.3 Å². The number of nitrogens with one attached hydrogen (secondary N) is 2. The molecule has 2 aliphatic rings. The van der Waals surface area contributed by atoms with E-state index in [1.54, 1.807) is 0 Å². The van der Waals surface area contributed by atoms with E-state index in [4.69, 9.17) is 0 Å². The molecule has 0 radical (unpaired) electrons. The largest absolute Gasteiger partial charge is 0.344 e. The highest BCUT2D eigenvalue weighted by molar-refractivity contribution is 5.82. The summed E-state index contributed by atoms with van der Waals surface area (Å²) in [4.78, 5) is 14.6. The predicted octanol–water partition coefficient (Wildman–Crippen LogP) is 1.08. The molecule has 1 spiro atoms. The van der Waals surface area contributed by atoms with Crippen molar-refractivity contribution in [2.45, 2.75) is 52.1 Å². The molecule has 134 valence electrons. The van der Waals surface area contributed by atoms with E-state index in [-0.39, 0.29) is 11.9 Å². The number of likely N-dealkylation sites (N-methyl/N-ethyl adjacent to an activating group) is 1. The number of aryl methyl sites for hydroxylation is 3. The first-order valence-corrected chi connectivity index (χ1v) is 9.19. The maximum absolute atomic E-state index is 12.7. The van der Waals surface area contributed by atoms with Crippen molar-refractivity contribution in [3.8, 4) is 0 Å². The molecule has 2 fully saturated rings. The second kappa shape index (κ2) is 7.23. The zero-order valence-corrected chi connectivity index (χ0v) is 15.3. The lowest BCUT2D eigenvalue weighted by Crippen LogP contribution is -2.42.